The molecule has 0 aliphatic carbocycles. The third-order valence-corrected chi connectivity index (χ3v) is 4.48. The van der Waals surface area contributed by atoms with Gasteiger partial charge in [0, 0.05) is 24.5 Å². The number of hydrogen-bond donors (Lipinski definition) is 1. The highest BCUT2D eigenvalue weighted by molar-refractivity contribution is 7.81. The summed E-state index contributed by atoms with van der Waals surface area (Å²) in [6.45, 7) is 7.93. The molecule has 0 spiro atoms. The lowest BCUT2D eigenvalue weighted by atomic mass is 10.0. The molecule has 0 aromatic heterocycles. The third kappa shape index (κ3) is 4.82. The fourth-order valence-electron chi connectivity index (χ4n) is 2.80. The lowest BCUT2D eigenvalue weighted by molar-refractivity contribution is 0.108. The maximum absolute atomic E-state index is 12.2. The van der Waals surface area contributed by atoms with Crippen LogP contribution in [-0.2, 0) is 9.47 Å². The van der Waals surface area contributed by atoms with E-state index in [4.69, 9.17) is 9.47 Å². The number of hydrogen-bond acceptors (Lipinski definition) is 5. The summed E-state index contributed by atoms with van der Waals surface area (Å²) in [5.41, 5.74) is 1.66. The van der Waals surface area contributed by atoms with Gasteiger partial charge in [-0.15, -0.1) is 0 Å². The molecule has 0 N–H and O–H groups in total. The van der Waals surface area contributed by atoms with Gasteiger partial charge in [-0.05, 0) is 24.1 Å². The highest BCUT2D eigenvalue weighted by Crippen LogP contribution is 2.35. The first-order valence-electron chi connectivity index (χ1n) is 8.31. The van der Waals surface area contributed by atoms with E-state index >= 15 is 0 Å². The Bertz CT molecular complexity index is 662. The van der Waals surface area contributed by atoms with Crippen LogP contribution in [0, 0.1) is 0 Å². The average Bonchev–Trinajstić information content (AvgIpc) is 3.05. The second kappa shape index (κ2) is 9.33. The van der Waals surface area contributed by atoms with Gasteiger partial charge in [-0.1, -0.05) is 37.4 Å². The van der Waals surface area contributed by atoms with Gasteiger partial charge in [-0.3, -0.25) is 4.90 Å². The lowest BCUT2D eigenvalue weighted by Gasteiger charge is -2.24. The second-order valence-electron chi connectivity index (χ2n) is 5.94. The minimum Gasteiger partial charge on any atom is -0.445 e. The summed E-state index contributed by atoms with van der Waals surface area (Å²) in [6.07, 6.45) is 2.97. The SMILES string of the molecule is C=CCOC(=O)N(C)c1ccc([C@@H]2C[C@H](S)CN2C(=O)OCC=C)cc1. The zero-order valence-electron chi connectivity index (χ0n) is 14.8. The molecule has 1 fully saturated rings. The third-order valence-electron chi connectivity index (χ3n) is 4.10. The van der Waals surface area contributed by atoms with Crippen molar-refractivity contribution in [3.63, 3.8) is 0 Å². The number of benzene rings is 1. The number of nitrogens with zero attached hydrogens (tertiary/aromatic N) is 2. The van der Waals surface area contributed by atoms with Crippen molar-refractivity contribution >= 4 is 30.5 Å². The Morgan fingerprint density at radius 2 is 1.85 bits per heavy atom. The number of amides is 2. The molecular weight excluding hydrogens is 352 g/mol. The van der Waals surface area contributed by atoms with Gasteiger partial charge >= 0.3 is 12.2 Å². The fourth-order valence-corrected chi connectivity index (χ4v) is 3.17. The van der Waals surface area contributed by atoms with Gasteiger partial charge in [0.15, 0.2) is 0 Å². The Morgan fingerprint density at radius 1 is 1.23 bits per heavy atom. The summed E-state index contributed by atoms with van der Waals surface area (Å²) in [7, 11) is 1.64. The highest BCUT2D eigenvalue weighted by Gasteiger charge is 2.35. The lowest BCUT2D eigenvalue weighted by Crippen LogP contribution is -2.32. The number of rotatable bonds is 6. The van der Waals surface area contributed by atoms with Crippen LogP contribution < -0.4 is 4.90 Å². The first-order chi connectivity index (χ1) is 12.5. The molecule has 6 nitrogen and oxygen atoms in total. The van der Waals surface area contributed by atoms with E-state index in [9.17, 15) is 9.59 Å². The molecule has 0 radical (unpaired) electrons. The number of carbonyl (C=O) groups is 2. The van der Waals surface area contributed by atoms with Gasteiger partial charge < -0.3 is 14.4 Å². The van der Waals surface area contributed by atoms with Gasteiger partial charge in [0.1, 0.15) is 13.2 Å². The monoisotopic (exact) mass is 376 g/mol. The number of likely N-dealkylation sites (tertiary alicyclic amines) is 1. The molecule has 26 heavy (non-hydrogen) atoms. The molecule has 1 aliphatic rings. The van der Waals surface area contributed by atoms with E-state index in [1.54, 1.807) is 11.9 Å². The summed E-state index contributed by atoms with van der Waals surface area (Å²) < 4.78 is 10.2. The van der Waals surface area contributed by atoms with Gasteiger partial charge in [-0.2, -0.15) is 12.6 Å². The molecule has 0 unspecified atom stereocenters. The maximum atomic E-state index is 12.2. The fraction of sp³-hybridized carbons (Fsp3) is 0.368. The predicted molar refractivity (Wildman–Crippen MR) is 105 cm³/mol. The van der Waals surface area contributed by atoms with Crippen LogP contribution in [0.4, 0.5) is 15.3 Å². The standard InChI is InChI=1S/C19H24N2O4S/c1-4-10-24-18(22)20(3)15-8-6-14(7-9-15)17-12-16(26)13-21(17)19(23)25-11-5-2/h4-9,16-17,26H,1-2,10-13H2,3H3/t16-,17-/m0/s1. The van der Waals surface area contributed by atoms with E-state index in [0.29, 0.717) is 12.2 Å². The first kappa shape index (κ1) is 19.9. The number of thiol groups is 1. The van der Waals surface area contributed by atoms with E-state index in [1.165, 1.54) is 17.1 Å². The zero-order valence-corrected chi connectivity index (χ0v) is 15.7. The van der Waals surface area contributed by atoms with Gasteiger partial charge in [0.2, 0.25) is 0 Å². The van der Waals surface area contributed by atoms with Crippen LogP contribution in [0.1, 0.15) is 18.0 Å². The van der Waals surface area contributed by atoms with Crippen LogP contribution in [-0.4, -0.2) is 49.1 Å². The molecule has 2 atom stereocenters. The highest BCUT2D eigenvalue weighted by atomic mass is 32.1. The molecule has 7 heteroatoms. The van der Waals surface area contributed by atoms with Gasteiger partial charge in [-0.25, -0.2) is 9.59 Å². The van der Waals surface area contributed by atoms with Crippen molar-refractivity contribution < 1.29 is 19.1 Å². The summed E-state index contributed by atoms with van der Waals surface area (Å²) in [5, 5.41) is 0.0903. The molecule has 140 valence electrons. The van der Waals surface area contributed by atoms with Gasteiger partial charge in [0.05, 0.1) is 6.04 Å². The van der Waals surface area contributed by atoms with Crippen LogP contribution in [0.2, 0.25) is 0 Å². The zero-order chi connectivity index (χ0) is 19.1. The molecule has 0 bridgehead atoms. The van der Waals surface area contributed by atoms with Crippen molar-refractivity contribution in [2.75, 3.05) is 31.7 Å². The number of ether oxygens (including phenoxy) is 2. The molecule has 1 aliphatic heterocycles. The van der Waals surface area contributed by atoms with Crippen LogP contribution in [0.3, 0.4) is 0 Å². The quantitative estimate of drug-likeness (QED) is 0.606. The van der Waals surface area contributed by atoms with Crippen LogP contribution in [0.25, 0.3) is 0 Å². The first-order valence-corrected chi connectivity index (χ1v) is 8.83. The van der Waals surface area contributed by atoms with E-state index in [2.05, 4.69) is 25.8 Å². The Morgan fingerprint density at radius 3 is 2.46 bits per heavy atom. The number of anilines is 1. The second-order valence-corrected chi connectivity index (χ2v) is 6.67. The molecule has 2 amide bonds. The molecule has 1 saturated heterocycles. The minimum absolute atomic E-state index is 0.0903. The Kier molecular flexibility index (Phi) is 7.15. The molecule has 1 aromatic carbocycles. The predicted octanol–water partition coefficient (Wildman–Crippen LogP) is 3.81. The van der Waals surface area contributed by atoms with Crippen LogP contribution >= 0.6 is 12.6 Å². The smallest absolute Gasteiger partial charge is 0.414 e. The normalized spacial score (nSPS) is 18.9. The largest absolute Gasteiger partial charge is 0.445 e. The van der Waals surface area contributed by atoms with E-state index in [-0.39, 0.29) is 30.6 Å². The van der Waals surface area contributed by atoms with Crippen LogP contribution in [0.5, 0.6) is 0 Å². The molecular formula is C19H24N2O4S. The van der Waals surface area contributed by atoms with E-state index < -0.39 is 6.09 Å². The topological polar surface area (TPSA) is 59.1 Å². The summed E-state index contributed by atoms with van der Waals surface area (Å²) in [5.74, 6) is 0. The number of carbonyl (C=O) groups excluding carboxylic acids is 2. The molecule has 1 heterocycles. The van der Waals surface area contributed by atoms with Crippen molar-refractivity contribution in [2.45, 2.75) is 17.7 Å². The molecule has 1 aromatic rings. The Balaban J connectivity index is 2.10. The average molecular weight is 376 g/mol. The Labute approximate surface area is 159 Å². The summed E-state index contributed by atoms with van der Waals surface area (Å²) in [4.78, 5) is 27.2. The summed E-state index contributed by atoms with van der Waals surface area (Å²) in [6, 6.07) is 7.34. The van der Waals surface area contributed by atoms with Crippen molar-refractivity contribution in [1.29, 1.82) is 0 Å². The molecule has 0 saturated carbocycles. The molecule has 2 rings (SSSR count). The van der Waals surface area contributed by atoms with Gasteiger partial charge in [0.25, 0.3) is 0 Å². The minimum atomic E-state index is -0.455. The van der Waals surface area contributed by atoms with Crippen LogP contribution in [0.15, 0.2) is 49.6 Å². The van der Waals surface area contributed by atoms with Crippen molar-refractivity contribution in [2.24, 2.45) is 0 Å². The Hall–Kier alpha value is -2.41. The van der Waals surface area contributed by atoms with Crippen molar-refractivity contribution in [1.82, 2.24) is 4.90 Å². The van der Waals surface area contributed by atoms with Crippen molar-refractivity contribution in [3.05, 3.63) is 55.1 Å². The summed E-state index contributed by atoms with van der Waals surface area (Å²) >= 11 is 4.51. The van der Waals surface area contributed by atoms with E-state index in [1.807, 2.05) is 24.3 Å². The maximum Gasteiger partial charge on any atom is 0.414 e. The van der Waals surface area contributed by atoms with Crippen molar-refractivity contribution in [3.8, 4) is 0 Å². The van der Waals surface area contributed by atoms with E-state index in [0.717, 1.165) is 12.0 Å².